The van der Waals surface area contributed by atoms with Gasteiger partial charge in [0.1, 0.15) is 13.2 Å². The van der Waals surface area contributed by atoms with Crippen molar-refractivity contribution in [3.63, 3.8) is 0 Å². The minimum atomic E-state index is -4.74. The monoisotopic (exact) mass is 438 g/mol. The molecule has 1 aromatic heterocycles. The van der Waals surface area contributed by atoms with Crippen molar-refractivity contribution in [3.8, 4) is 0 Å². The SMILES string of the molecule is CO/N=C(\C(=O)NC1C(=O)N(S(=O)(=O)O)C1CSCCN)c1cnc(N)s1. The predicted molar refractivity (Wildman–Crippen MR) is 101 cm³/mol. The van der Waals surface area contributed by atoms with E-state index in [2.05, 4.69) is 20.3 Å². The number of anilines is 1. The van der Waals surface area contributed by atoms with Gasteiger partial charge in [-0.2, -0.15) is 20.2 Å². The standard InChI is InChI=1S/C12H18N6O6S3/c1-24-17-9(7-4-15-12(14)26-7)10(19)16-8-6(5-25-3-2-13)18(11(8)20)27(21,22)23/h4,6,8H,2-3,5,13H2,1H3,(H2,14,15)(H,16,19)(H,21,22,23)/b17-9-. The summed E-state index contributed by atoms with van der Waals surface area (Å²) in [5.74, 6) is -1.06. The fourth-order valence-electron chi connectivity index (χ4n) is 2.31. The molecule has 1 aliphatic rings. The first-order valence-corrected chi connectivity index (χ1v) is 10.8. The lowest BCUT2D eigenvalue weighted by Crippen LogP contribution is -2.73. The second-order valence-electron chi connectivity index (χ2n) is 5.18. The maximum absolute atomic E-state index is 12.5. The molecule has 150 valence electrons. The molecule has 0 spiro atoms. The number of carbonyl (C=O) groups is 2. The largest absolute Gasteiger partial charge is 0.398 e. The van der Waals surface area contributed by atoms with Gasteiger partial charge >= 0.3 is 10.3 Å². The molecule has 0 radical (unpaired) electrons. The molecule has 12 nitrogen and oxygen atoms in total. The molecule has 0 aromatic carbocycles. The average molecular weight is 439 g/mol. The number of thiazole rings is 1. The summed E-state index contributed by atoms with van der Waals surface area (Å²) in [5.41, 5.74) is 10.8. The van der Waals surface area contributed by atoms with Crippen molar-refractivity contribution in [2.45, 2.75) is 12.1 Å². The molecule has 1 aromatic rings. The Morgan fingerprint density at radius 2 is 2.30 bits per heavy atom. The van der Waals surface area contributed by atoms with Crippen LogP contribution in [0.4, 0.5) is 5.13 Å². The van der Waals surface area contributed by atoms with Crippen LogP contribution in [0.5, 0.6) is 0 Å². The van der Waals surface area contributed by atoms with Crippen LogP contribution in [-0.2, 0) is 24.7 Å². The van der Waals surface area contributed by atoms with Crippen molar-refractivity contribution in [2.24, 2.45) is 10.9 Å². The summed E-state index contributed by atoms with van der Waals surface area (Å²) in [7, 11) is -3.51. The van der Waals surface area contributed by atoms with E-state index in [0.717, 1.165) is 11.3 Å². The van der Waals surface area contributed by atoms with Crippen LogP contribution in [0.15, 0.2) is 11.4 Å². The molecule has 0 saturated carbocycles. The zero-order valence-electron chi connectivity index (χ0n) is 14.1. The number of hydrogen-bond acceptors (Lipinski definition) is 11. The third-order valence-corrected chi connectivity index (χ3v) is 6.29. The summed E-state index contributed by atoms with van der Waals surface area (Å²) in [6.45, 7) is 0.353. The summed E-state index contributed by atoms with van der Waals surface area (Å²) in [5, 5.41) is 6.24. The fraction of sp³-hybridized carbons (Fsp3) is 0.500. The maximum atomic E-state index is 12.5. The van der Waals surface area contributed by atoms with E-state index in [0.29, 0.717) is 21.5 Å². The molecule has 27 heavy (non-hydrogen) atoms. The first-order valence-electron chi connectivity index (χ1n) is 7.42. The number of nitrogens with zero attached hydrogens (tertiary/aromatic N) is 3. The Bertz CT molecular complexity index is 840. The molecule has 0 aliphatic carbocycles. The molecule has 2 heterocycles. The Labute approximate surface area is 163 Å². The number of β-lactam (4-membered cyclic amide) rings is 1. The average Bonchev–Trinajstić information content (AvgIpc) is 3.01. The van der Waals surface area contributed by atoms with E-state index in [9.17, 15) is 22.6 Å². The van der Waals surface area contributed by atoms with Crippen LogP contribution in [0.25, 0.3) is 0 Å². The molecule has 1 aliphatic heterocycles. The Kier molecular flexibility index (Phi) is 6.99. The van der Waals surface area contributed by atoms with E-state index in [1.807, 2.05) is 0 Å². The van der Waals surface area contributed by atoms with Crippen molar-refractivity contribution in [2.75, 3.05) is 30.9 Å². The number of nitrogens with one attached hydrogen (secondary N) is 1. The van der Waals surface area contributed by atoms with Crippen LogP contribution >= 0.6 is 23.1 Å². The summed E-state index contributed by atoms with van der Waals surface area (Å²) in [6, 6.07) is -2.11. The quantitative estimate of drug-likeness (QED) is 0.113. The van der Waals surface area contributed by atoms with Crippen molar-refractivity contribution >= 4 is 56.1 Å². The Morgan fingerprint density at radius 1 is 1.59 bits per heavy atom. The van der Waals surface area contributed by atoms with Gasteiger partial charge in [-0.25, -0.2) is 9.29 Å². The molecular formula is C12H18N6O6S3. The van der Waals surface area contributed by atoms with E-state index in [4.69, 9.17) is 11.5 Å². The number of carbonyl (C=O) groups excluding carboxylic acids is 2. The van der Waals surface area contributed by atoms with Gasteiger partial charge in [0.15, 0.2) is 10.8 Å². The summed E-state index contributed by atoms with van der Waals surface area (Å²) >= 11 is 2.27. The minimum Gasteiger partial charge on any atom is -0.398 e. The molecule has 2 amide bonds. The van der Waals surface area contributed by atoms with Gasteiger partial charge in [-0.15, -0.1) is 0 Å². The number of hydrogen-bond donors (Lipinski definition) is 4. The number of oxime groups is 1. The predicted octanol–water partition coefficient (Wildman–Crippen LogP) is -1.73. The van der Waals surface area contributed by atoms with Crippen LogP contribution in [0.2, 0.25) is 0 Å². The van der Waals surface area contributed by atoms with Crippen molar-refractivity contribution in [1.29, 1.82) is 0 Å². The summed E-state index contributed by atoms with van der Waals surface area (Å²) in [6.07, 6.45) is 1.32. The zero-order valence-corrected chi connectivity index (χ0v) is 16.5. The lowest BCUT2D eigenvalue weighted by Gasteiger charge is -2.44. The highest BCUT2D eigenvalue weighted by Gasteiger charge is 2.53. The number of rotatable bonds is 9. The van der Waals surface area contributed by atoms with Crippen LogP contribution < -0.4 is 16.8 Å². The number of aromatic nitrogens is 1. The van der Waals surface area contributed by atoms with Crippen molar-refractivity contribution in [3.05, 3.63) is 11.1 Å². The molecule has 2 rings (SSSR count). The van der Waals surface area contributed by atoms with Crippen molar-refractivity contribution in [1.82, 2.24) is 14.6 Å². The van der Waals surface area contributed by atoms with Crippen LogP contribution in [0.1, 0.15) is 4.88 Å². The minimum absolute atomic E-state index is 0.151. The lowest BCUT2D eigenvalue weighted by atomic mass is 10.0. The Hall–Kier alpha value is -1.94. The van der Waals surface area contributed by atoms with Gasteiger partial charge in [0, 0.05) is 24.2 Å². The van der Waals surface area contributed by atoms with Gasteiger partial charge in [-0.1, -0.05) is 16.5 Å². The van der Waals surface area contributed by atoms with Gasteiger partial charge in [0.25, 0.3) is 11.8 Å². The summed E-state index contributed by atoms with van der Waals surface area (Å²) in [4.78, 5) is 33.4. The number of nitrogen functional groups attached to an aromatic ring is 1. The fourth-order valence-corrected chi connectivity index (χ4v) is 4.86. The van der Waals surface area contributed by atoms with E-state index in [1.165, 1.54) is 25.1 Å². The number of nitrogens with two attached hydrogens (primary N) is 2. The third-order valence-electron chi connectivity index (χ3n) is 3.41. The van der Waals surface area contributed by atoms with Crippen molar-refractivity contribution < 1.29 is 27.4 Å². The molecule has 15 heteroatoms. The topological polar surface area (TPSA) is 190 Å². The molecule has 1 saturated heterocycles. The molecule has 6 N–H and O–H groups in total. The van der Waals surface area contributed by atoms with E-state index >= 15 is 0 Å². The van der Waals surface area contributed by atoms with E-state index in [-0.39, 0.29) is 16.6 Å². The summed E-state index contributed by atoms with van der Waals surface area (Å²) < 4.78 is 32.4. The second kappa shape index (κ2) is 8.83. The van der Waals surface area contributed by atoms with E-state index in [1.54, 1.807) is 0 Å². The van der Waals surface area contributed by atoms with Gasteiger partial charge < -0.3 is 21.6 Å². The number of thioether (sulfide) groups is 1. The smallest absolute Gasteiger partial charge is 0.362 e. The van der Waals surface area contributed by atoms with Gasteiger partial charge in [0.05, 0.1) is 10.9 Å². The molecule has 2 unspecified atom stereocenters. The second-order valence-corrected chi connectivity index (χ2v) is 8.68. The lowest BCUT2D eigenvalue weighted by molar-refractivity contribution is -0.143. The van der Waals surface area contributed by atoms with Gasteiger partial charge in [-0.05, 0) is 0 Å². The highest BCUT2D eigenvalue weighted by Crippen LogP contribution is 2.27. The Morgan fingerprint density at radius 3 is 2.81 bits per heavy atom. The highest BCUT2D eigenvalue weighted by atomic mass is 32.2. The van der Waals surface area contributed by atoms with Crippen LogP contribution in [0.3, 0.4) is 0 Å². The molecular weight excluding hydrogens is 420 g/mol. The maximum Gasteiger partial charge on any atom is 0.362 e. The van der Waals surface area contributed by atoms with Gasteiger partial charge in [0.2, 0.25) is 0 Å². The molecule has 0 bridgehead atoms. The molecule has 2 atom stereocenters. The highest BCUT2D eigenvalue weighted by molar-refractivity contribution is 7.99. The number of amides is 2. The first kappa shape index (κ1) is 21.4. The van der Waals surface area contributed by atoms with Crippen LogP contribution in [-0.4, -0.2) is 77.0 Å². The third kappa shape index (κ3) is 4.86. The van der Waals surface area contributed by atoms with Gasteiger partial charge in [-0.3, -0.25) is 14.1 Å². The zero-order chi connectivity index (χ0) is 20.2. The van der Waals surface area contributed by atoms with E-state index < -0.39 is 34.2 Å². The first-order chi connectivity index (χ1) is 12.7. The Balaban J connectivity index is 2.18. The molecule has 1 fully saturated rings. The van der Waals surface area contributed by atoms with Crippen LogP contribution in [0, 0.1) is 0 Å². The normalized spacial score (nSPS) is 20.3.